The van der Waals surface area contributed by atoms with E-state index >= 15 is 0 Å². The van der Waals surface area contributed by atoms with Crippen LogP contribution in [0.2, 0.25) is 0 Å². The average molecular weight is 374 g/mol. The number of benzene rings is 1. The van der Waals surface area contributed by atoms with Crippen molar-refractivity contribution in [2.45, 2.75) is 32.0 Å². The SMILES string of the molecule is CNCCOCCNCc1cccc2c1C(=O)N(C1CCC(=O)NC1=O)C2. The van der Waals surface area contributed by atoms with Crippen LogP contribution >= 0.6 is 0 Å². The summed E-state index contributed by atoms with van der Waals surface area (Å²) in [5, 5.41) is 8.65. The van der Waals surface area contributed by atoms with Crippen molar-refractivity contribution in [2.24, 2.45) is 0 Å². The van der Waals surface area contributed by atoms with Gasteiger partial charge in [-0.2, -0.15) is 0 Å². The number of nitrogens with zero attached hydrogens (tertiary/aromatic N) is 1. The maximum Gasteiger partial charge on any atom is 0.255 e. The number of likely N-dealkylation sites (N-methyl/N-ethyl adjacent to an activating group) is 1. The maximum atomic E-state index is 13.0. The lowest BCUT2D eigenvalue weighted by molar-refractivity contribution is -0.136. The van der Waals surface area contributed by atoms with E-state index < -0.39 is 6.04 Å². The van der Waals surface area contributed by atoms with Gasteiger partial charge in [0.1, 0.15) is 6.04 Å². The molecule has 3 rings (SSSR count). The third-order valence-electron chi connectivity index (χ3n) is 4.87. The summed E-state index contributed by atoms with van der Waals surface area (Å²) in [7, 11) is 1.88. The number of rotatable bonds is 9. The van der Waals surface area contributed by atoms with Gasteiger partial charge in [-0.25, -0.2) is 0 Å². The number of carbonyl (C=O) groups is 3. The van der Waals surface area contributed by atoms with Gasteiger partial charge < -0.3 is 20.3 Å². The van der Waals surface area contributed by atoms with E-state index in [4.69, 9.17) is 4.74 Å². The Morgan fingerprint density at radius 3 is 2.81 bits per heavy atom. The van der Waals surface area contributed by atoms with E-state index in [1.807, 2.05) is 25.2 Å². The van der Waals surface area contributed by atoms with Gasteiger partial charge in [-0.3, -0.25) is 19.7 Å². The first-order valence-electron chi connectivity index (χ1n) is 9.30. The van der Waals surface area contributed by atoms with Gasteiger partial charge in [0.15, 0.2) is 0 Å². The Labute approximate surface area is 158 Å². The smallest absolute Gasteiger partial charge is 0.255 e. The Hall–Kier alpha value is -2.29. The fraction of sp³-hybridized carbons (Fsp3) is 0.526. The van der Waals surface area contributed by atoms with E-state index in [2.05, 4.69) is 16.0 Å². The molecule has 0 aromatic heterocycles. The van der Waals surface area contributed by atoms with Gasteiger partial charge in [-0.05, 0) is 24.6 Å². The highest BCUT2D eigenvalue weighted by molar-refractivity contribution is 6.05. The number of hydrogen-bond acceptors (Lipinski definition) is 6. The zero-order chi connectivity index (χ0) is 19.2. The Kier molecular flexibility index (Phi) is 6.54. The minimum absolute atomic E-state index is 0.137. The predicted octanol–water partition coefficient (Wildman–Crippen LogP) is -0.227. The standard InChI is InChI=1S/C19H26N4O4/c1-20-7-9-27-10-8-21-11-13-3-2-4-14-12-23(19(26)17(13)14)15-5-6-16(24)22-18(15)25/h2-4,15,20-21H,5-12H2,1H3,(H,22,24,25). The Morgan fingerprint density at radius 1 is 1.22 bits per heavy atom. The summed E-state index contributed by atoms with van der Waals surface area (Å²) in [6, 6.07) is 5.20. The molecule has 146 valence electrons. The summed E-state index contributed by atoms with van der Waals surface area (Å²) in [6.45, 7) is 3.75. The van der Waals surface area contributed by atoms with Crippen LogP contribution < -0.4 is 16.0 Å². The summed E-state index contributed by atoms with van der Waals surface area (Å²) < 4.78 is 5.47. The van der Waals surface area contributed by atoms with Crippen LogP contribution in [-0.4, -0.2) is 62.0 Å². The van der Waals surface area contributed by atoms with Crippen molar-refractivity contribution >= 4 is 17.7 Å². The largest absolute Gasteiger partial charge is 0.379 e. The molecule has 0 radical (unpaired) electrons. The quantitative estimate of drug-likeness (QED) is 0.408. The van der Waals surface area contributed by atoms with Crippen LogP contribution in [0.5, 0.6) is 0 Å². The normalized spacial score (nSPS) is 19.4. The highest BCUT2D eigenvalue weighted by Gasteiger charge is 2.39. The maximum absolute atomic E-state index is 13.0. The van der Waals surface area contributed by atoms with Crippen molar-refractivity contribution in [3.63, 3.8) is 0 Å². The molecule has 0 spiro atoms. The van der Waals surface area contributed by atoms with Gasteiger partial charge in [0.05, 0.1) is 13.2 Å². The first kappa shape index (κ1) is 19.5. The predicted molar refractivity (Wildman–Crippen MR) is 98.9 cm³/mol. The van der Waals surface area contributed by atoms with E-state index in [0.717, 1.165) is 17.7 Å². The molecule has 0 saturated carbocycles. The van der Waals surface area contributed by atoms with Crippen LogP contribution in [0.15, 0.2) is 18.2 Å². The molecule has 0 aliphatic carbocycles. The molecule has 27 heavy (non-hydrogen) atoms. The number of nitrogens with one attached hydrogen (secondary N) is 3. The zero-order valence-electron chi connectivity index (χ0n) is 15.5. The second-order valence-corrected chi connectivity index (χ2v) is 6.74. The summed E-state index contributed by atoms with van der Waals surface area (Å²) in [4.78, 5) is 38.0. The molecular formula is C19H26N4O4. The number of carbonyl (C=O) groups excluding carboxylic acids is 3. The minimum Gasteiger partial charge on any atom is -0.379 e. The zero-order valence-corrected chi connectivity index (χ0v) is 15.5. The van der Waals surface area contributed by atoms with Crippen LogP contribution in [-0.2, 0) is 27.4 Å². The Morgan fingerprint density at radius 2 is 2.04 bits per heavy atom. The second kappa shape index (κ2) is 9.07. The Balaban J connectivity index is 1.59. The Bertz CT molecular complexity index is 722. The number of fused-ring (bicyclic) bond motifs is 1. The van der Waals surface area contributed by atoms with Gasteiger partial charge in [-0.1, -0.05) is 18.2 Å². The van der Waals surface area contributed by atoms with Crippen LogP contribution in [0.1, 0.15) is 34.3 Å². The van der Waals surface area contributed by atoms with Crippen LogP contribution in [0, 0.1) is 0 Å². The monoisotopic (exact) mass is 374 g/mol. The van der Waals surface area contributed by atoms with Gasteiger partial charge in [0, 0.05) is 38.2 Å². The molecule has 3 amide bonds. The summed E-state index contributed by atoms with van der Waals surface area (Å²) in [5.41, 5.74) is 2.52. The van der Waals surface area contributed by atoms with Gasteiger partial charge in [0.2, 0.25) is 11.8 Å². The number of hydrogen-bond donors (Lipinski definition) is 3. The number of imide groups is 1. The molecule has 0 bridgehead atoms. The molecule has 8 nitrogen and oxygen atoms in total. The fourth-order valence-corrected chi connectivity index (χ4v) is 3.48. The summed E-state index contributed by atoms with van der Waals surface area (Å²) in [6.07, 6.45) is 0.639. The van der Waals surface area contributed by atoms with Crippen molar-refractivity contribution in [2.75, 3.05) is 33.4 Å². The van der Waals surface area contributed by atoms with E-state index in [1.54, 1.807) is 4.90 Å². The van der Waals surface area contributed by atoms with E-state index in [0.29, 0.717) is 44.8 Å². The lowest BCUT2D eigenvalue weighted by Crippen LogP contribution is -2.52. The number of piperidine rings is 1. The minimum atomic E-state index is -0.580. The van der Waals surface area contributed by atoms with Crippen molar-refractivity contribution in [1.82, 2.24) is 20.9 Å². The molecule has 1 aromatic rings. The molecule has 1 unspecified atom stereocenters. The molecule has 1 fully saturated rings. The van der Waals surface area contributed by atoms with Crippen molar-refractivity contribution in [3.8, 4) is 0 Å². The van der Waals surface area contributed by atoms with Crippen molar-refractivity contribution < 1.29 is 19.1 Å². The van der Waals surface area contributed by atoms with E-state index in [1.165, 1.54) is 0 Å². The second-order valence-electron chi connectivity index (χ2n) is 6.74. The summed E-state index contributed by atoms with van der Waals surface area (Å²) in [5.74, 6) is -0.796. The van der Waals surface area contributed by atoms with Crippen molar-refractivity contribution in [1.29, 1.82) is 0 Å². The van der Waals surface area contributed by atoms with E-state index in [-0.39, 0.29) is 24.1 Å². The highest BCUT2D eigenvalue weighted by Crippen LogP contribution is 2.29. The lowest BCUT2D eigenvalue weighted by atomic mass is 10.0. The molecule has 1 aromatic carbocycles. The molecule has 8 heteroatoms. The highest BCUT2D eigenvalue weighted by atomic mass is 16.5. The molecule has 1 atom stereocenters. The third kappa shape index (κ3) is 4.52. The van der Waals surface area contributed by atoms with Gasteiger partial charge in [0.25, 0.3) is 5.91 Å². The molecular weight excluding hydrogens is 348 g/mol. The van der Waals surface area contributed by atoms with Crippen LogP contribution in [0.4, 0.5) is 0 Å². The topological polar surface area (TPSA) is 99.8 Å². The first-order chi connectivity index (χ1) is 13.1. The van der Waals surface area contributed by atoms with Crippen LogP contribution in [0.3, 0.4) is 0 Å². The molecule has 2 aliphatic heterocycles. The fourth-order valence-electron chi connectivity index (χ4n) is 3.48. The number of amides is 3. The summed E-state index contributed by atoms with van der Waals surface area (Å²) >= 11 is 0. The van der Waals surface area contributed by atoms with E-state index in [9.17, 15) is 14.4 Å². The molecule has 3 N–H and O–H groups in total. The molecule has 2 aliphatic rings. The molecule has 1 saturated heterocycles. The van der Waals surface area contributed by atoms with Crippen LogP contribution in [0.25, 0.3) is 0 Å². The average Bonchev–Trinajstić information content (AvgIpc) is 2.98. The molecule has 2 heterocycles. The lowest BCUT2D eigenvalue weighted by Gasteiger charge is -2.29. The van der Waals surface area contributed by atoms with Crippen molar-refractivity contribution in [3.05, 3.63) is 34.9 Å². The first-order valence-corrected chi connectivity index (χ1v) is 9.30. The third-order valence-corrected chi connectivity index (χ3v) is 4.87. The number of ether oxygens (including phenoxy) is 1. The van der Waals surface area contributed by atoms with Gasteiger partial charge >= 0.3 is 0 Å². The van der Waals surface area contributed by atoms with Gasteiger partial charge in [-0.15, -0.1) is 0 Å².